The lowest BCUT2D eigenvalue weighted by Gasteiger charge is -2.17. The highest BCUT2D eigenvalue weighted by molar-refractivity contribution is 6.44. The maximum Gasteiger partial charge on any atom is 0.294 e. The zero-order chi connectivity index (χ0) is 22.1. The molecule has 0 saturated carbocycles. The fourth-order valence-electron chi connectivity index (χ4n) is 2.78. The Hall–Kier alpha value is -2.71. The van der Waals surface area contributed by atoms with E-state index < -0.39 is 29.0 Å². The molecular formula is C20H23ClFN3O4. The van der Waals surface area contributed by atoms with Crippen LogP contribution in [-0.4, -0.2) is 39.4 Å². The van der Waals surface area contributed by atoms with Gasteiger partial charge < -0.3 is 20.3 Å². The number of carbonyl (C=O) groups is 3. The molecule has 9 heteroatoms. The topological polar surface area (TPSA) is 100 Å². The van der Waals surface area contributed by atoms with Crippen molar-refractivity contribution in [3.63, 3.8) is 0 Å². The van der Waals surface area contributed by atoms with Crippen molar-refractivity contribution >= 4 is 34.9 Å². The average Bonchev–Trinajstić information content (AvgIpc) is 2.84. The van der Waals surface area contributed by atoms with Crippen LogP contribution in [0.3, 0.4) is 0 Å². The van der Waals surface area contributed by atoms with Crippen molar-refractivity contribution in [1.82, 2.24) is 9.88 Å². The van der Waals surface area contributed by atoms with Crippen molar-refractivity contribution in [3.8, 4) is 0 Å². The SMILES string of the molecule is Cc1cc(NC(=O)c2c(C)c(C(=O)C(=O)NCC(C)(C)O)n(C)c2Cl)ccc1F. The zero-order valence-electron chi connectivity index (χ0n) is 16.8. The molecule has 1 heterocycles. The van der Waals surface area contributed by atoms with E-state index in [2.05, 4.69) is 10.6 Å². The number of carbonyl (C=O) groups excluding carboxylic acids is 3. The van der Waals surface area contributed by atoms with Gasteiger partial charge in [0.15, 0.2) is 0 Å². The highest BCUT2D eigenvalue weighted by Gasteiger charge is 2.30. The molecule has 0 spiro atoms. The zero-order valence-corrected chi connectivity index (χ0v) is 17.6. The monoisotopic (exact) mass is 423 g/mol. The number of Topliss-reactive ketones (excluding diaryl/α,β-unsaturated/α-hetero) is 1. The third-order valence-corrected chi connectivity index (χ3v) is 4.75. The summed E-state index contributed by atoms with van der Waals surface area (Å²) >= 11 is 6.25. The van der Waals surface area contributed by atoms with Gasteiger partial charge in [0, 0.05) is 19.3 Å². The molecule has 1 aromatic heterocycles. The minimum Gasteiger partial charge on any atom is -0.389 e. The molecule has 156 valence electrons. The smallest absolute Gasteiger partial charge is 0.294 e. The second-order valence-electron chi connectivity index (χ2n) is 7.44. The summed E-state index contributed by atoms with van der Waals surface area (Å²) in [5.41, 5.74) is -0.229. The predicted octanol–water partition coefficient (Wildman–Crippen LogP) is 2.76. The third-order valence-electron chi connectivity index (χ3n) is 4.31. The number of hydrogen-bond donors (Lipinski definition) is 3. The van der Waals surface area contributed by atoms with E-state index in [4.69, 9.17) is 11.6 Å². The van der Waals surface area contributed by atoms with Crippen LogP contribution >= 0.6 is 11.6 Å². The summed E-state index contributed by atoms with van der Waals surface area (Å²) in [4.78, 5) is 37.5. The first-order valence-corrected chi connectivity index (χ1v) is 9.18. The summed E-state index contributed by atoms with van der Waals surface area (Å²) in [7, 11) is 1.46. The molecule has 0 aliphatic rings. The van der Waals surface area contributed by atoms with Crippen molar-refractivity contribution in [3.05, 3.63) is 51.6 Å². The molecule has 0 radical (unpaired) electrons. The number of aromatic nitrogens is 1. The molecule has 0 aliphatic heterocycles. The largest absolute Gasteiger partial charge is 0.389 e. The van der Waals surface area contributed by atoms with E-state index >= 15 is 0 Å². The highest BCUT2D eigenvalue weighted by Crippen LogP contribution is 2.28. The summed E-state index contributed by atoms with van der Waals surface area (Å²) in [5.74, 6) is -2.80. The van der Waals surface area contributed by atoms with Crippen LogP contribution in [0.1, 0.15) is 45.8 Å². The minimum atomic E-state index is -1.19. The van der Waals surface area contributed by atoms with Gasteiger partial charge in [0.05, 0.1) is 16.9 Å². The number of halogens is 2. The van der Waals surface area contributed by atoms with Gasteiger partial charge in [0.25, 0.3) is 17.6 Å². The van der Waals surface area contributed by atoms with E-state index in [-0.39, 0.29) is 28.5 Å². The van der Waals surface area contributed by atoms with E-state index in [0.29, 0.717) is 11.3 Å². The first kappa shape index (κ1) is 22.6. The maximum atomic E-state index is 13.4. The molecule has 0 unspecified atom stereocenters. The molecule has 7 nitrogen and oxygen atoms in total. The van der Waals surface area contributed by atoms with E-state index in [0.717, 1.165) is 0 Å². The van der Waals surface area contributed by atoms with E-state index in [1.807, 2.05) is 0 Å². The van der Waals surface area contributed by atoms with Crippen molar-refractivity contribution in [1.29, 1.82) is 0 Å². The molecule has 2 amide bonds. The van der Waals surface area contributed by atoms with Crippen molar-refractivity contribution < 1.29 is 23.9 Å². The number of anilines is 1. The Kier molecular flexibility index (Phi) is 6.50. The molecule has 2 aromatic rings. The van der Waals surface area contributed by atoms with Gasteiger partial charge in [-0.25, -0.2) is 4.39 Å². The lowest BCUT2D eigenvalue weighted by molar-refractivity contribution is -0.118. The van der Waals surface area contributed by atoms with Crippen LogP contribution in [0.2, 0.25) is 5.15 Å². The summed E-state index contributed by atoms with van der Waals surface area (Å²) in [6, 6.07) is 4.10. The fraction of sp³-hybridized carbons (Fsp3) is 0.350. The Labute approximate surface area is 172 Å². The van der Waals surface area contributed by atoms with E-state index in [9.17, 15) is 23.9 Å². The van der Waals surface area contributed by atoms with E-state index in [1.54, 1.807) is 6.92 Å². The first-order valence-electron chi connectivity index (χ1n) is 8.80. The number of nitrogens with one attached hydrogen (secondary N) is 2. The molecule has 1 aromatic carbocycles. The number of rotatable bonds is 6. The lowest BCUT2D eigenvalue weighted by atomic mass is 10.1. The molecule has 0 bridgehead atoms. The highest BCUT2D eigenvalue weighted by atomic mass is 35.5. The van der Waals surface area contributed by atoms with Gasteiger partial charge >= 0.3 is 0 Å². The molecule has 0 atom stereocenters. The number of hydrogen-bond acceptors (Lipinski definition) is 4. The van der Waals surface area contributed by atoms with Crippen LogP contribution < -0.4 is 10.6 Å². The van der Waals surface area contributed by atoms with Gasteiger partial charge in [-0.05, 0) is 57.0 Å². The summed E-state index contributed by atoms with van der Waals surface area (Å²) < 4.78 is 14.7. The molecule has 0 aliphatic carbocycles. The number of ketones is 1. The van der Waals surface area contributed by atoms with Crippen molar-refractivity contribution in [2.45, 2.75) is 33.3 Å². The number of aryl methyl sites for hydroxylation is 1. The number of benzene rings is 1. The molecular weight excluding hydrogens is 401 g/mol. The van der Waals surface area contributed by atoms with Gasteiger partial charge in [-0.15, -0.1) is 0 Å². The van der Waals surface area contributed by atoms with E-state index in [1.165, 1.54) is 50.6 Å². The molecule has 0 fully saturated rings. The summed E-state index contributed by atoms with van der Waals surface area (Å²) in [6.45, 7) is 5.93. The minimum absolute atomic E-state index is 0.0162. The Morgan fingerprint density at radius 1 is 1.24 bits per heavy atom. The van der Waals surface area contributed by atoms with Crippen molar-refractivity contribution in [2.75, 3.05) is 11.9 Å². The van der Waals surface area contributed by atoms with Gasteiger partial charge in [0.2, 0.25) is 0 Å². The molecule has 2 rings (SSSR count). The normalized spacial score (nSPS) is 11.3. The molecule has 0 saturated heterocycles. The fourth-order valence-corrected chi connectivity index (χ4v) is 3.09. The van der Waals surface area contributed by atoms with Gasteiger partial charge in [0.1, 0.15) is 11.0 Å². The van der Waals surface area contributed by atoms with Crippen LogP contribution in [0, 0.1) is 19.7 Å². The van der Waals surface area contributed by atoms with Crippen LogP contribution in [0.15, 0.2) is 18.2 Å². The Morgan fingerprint density at radius 3 is 2.41 bits per heavy atom. The Morgan fingerprint density at radius 2 is 1.86 bits per heavy atom. The molecule has 3 N–H and O–H groups in total. The second kappa shape index (κ2) is 8.34. The quantitative estimate of drug-likeness (QED) is 0.491. The second-order valence-corrected chi connectivity index (χ2v) is 7.80. The summed E-state index contributed by atoms with van der Waals surface area (Å²) in [6.07, 6.45) is 0. The van der Waals surface area contributed by atoms with Crippen molar-refractivity contribution in [2.24, 2.45) is 7.05 Å². The maximum absolute atomic E-state index is 13.4. The van der Waals surface area contributed by atoms with Gasteiger partial charge in [-0.1, -0.05) is 11.6 Å². The summed E-state index contributed by atoms with van der Waals surface area (Å²) in [5, 5.41) is 14.6. The standard InChI is InChI=1S/C20H23ClFN3O4/c1-10-8-12(6-7-13(10)22)24-18(27)14-11(2)15(25(5)17(14)21)16(26)19(28)23-9-20(3,4)29/h6-8,29H,9H2,1-5H3,(H,23,28)(H,24,27). The van der Waals surface area contributed by atoms with Gasteiger partial charge in [-0.3, -0.25) is 14.4 Å². The average molecular weight is 424 g/mol. The van der Waals surface area contributed by atoms with Crippen LogP contribution in [0.5, 0.6) is 0 Å². The van der Waals surface area contributed by atoms with Gasteiger partial charge in [-0.2, -0.15) is 0 Å². The molecule has 29 heavy (non-hydrogen) atoms. The first-order chi connectivity index (χ1) is 13.3. The lowest BCUT2D eigenvalue weighted by Crippen LogP contribution is -2.41. The number of amides is 2. The predicted molar refractivity (Wildman–Crippen MR) is 108 cm³/mol. The van der Waals surface area contributed by atoms with Crippen LogP contribution in [-0.2, 0) is 11.8 Å². The number of nitrogens with zero attached hydrogens (tertiary/aromatic N) is 1. The Balaban J connectivity index is 2.31. The third kappa shape index (κ3) is 5.02. The number of aliphatic hydroxyl groups is 1. The van der Waals surface area contributed by atoms with Crippen LogP contribution in [0.25, 0.3) is 0 Å². The van der Waals surface area contributed by atoms with Crippen LogP contribution in [0.4, 0.5) is 10.1 Å². The Bertz CT molecular complexity index is 993.